The van der Waals surface area contributed by atoms with E-state index in [1.807, 2.05) is 10.8 Å². The minimum atomic E-state index is 0.337. The number of aromatic nitrogens is 2. The lowest BCUT2D eigenvalue weighted by molar-refractivity contribution is 0.561. The van der Waals surface area contributed by atoms with E-state index in [1.165, 1.54) is 32.1 Å². The van der Waals surface area contributed by atoms with Crippen molar-refractivity contribution in [2.45, 2.75) is 62.0 Å². The van der Waals surface area contributed by atoms with Gasteiger partial charge in [-0.25, -0.2) is 0 Å². The Bertz CT molecular complexity index is 273. The Morgan fingerprint density at radius 1 is 1.31 bits per heavy atom. The van der Waals surface area contributed by atoms with E-state index in [4.69, 9.17) is 0 Å². The zero-order valence-corrected chi connectivity index (χ0v) is 12.7. The minimum absolute atomic E-state index is 0.337. The lowest BCUT2D eigenvalue weighted by Crippen LogP contribution is -2.12. The Labute approximate surface area is 110 Å². The second-order valence-electron chi connectivity index (χ2n) is 4.44. The zero-order valence-electron chi connectivity index (χ0n) is 10.2. The second-order valence-corrected chi connectivity index (χ2v) is 8.36. The van der Waals surface area contributed by atoms with Crippen molar-refractivity contribution in [3.05, 3.63) is 5.51 Å². The van der Waals surface area contributed by atoms with Crippen molar-refractivity contribution in [3.8, 4) is 0 Å². The van der Waals surface area contributed by atoms with Crippen LogP contribution in [-0.2, 0) is 0 Å². The van der Waals surface area contributed by atoms with Crippen LogP contribution < -0.4 is 0 Å². The van der Waals surface area contributed by atoms with E-state index in [2.05, 4.69) is 31.0 Å². The molecule has 0 bridgehead atoms. The molecule has 0 aromatic carbocycles. The van der Waals surface area contributed by atoms with E-state index < -0.39 is 0 Å². The van der Waals surface area contributed by atoms with Crippen molar-refractivity contribution in [1.82, 2.24) is 10.2 Å². The summed E-state index contributed by atoms with van der Waals surface area (Å²) < 4.78 is 1.40. The van der Waals surface area contributed by atoms with Gasteiger partial charge in [-0.1, -0.05) is 54.7 Å². The third-order valence-corrected chi connectivity index (χ3v) is 6.69. The molecule has 0 aliphatic carbocycles. The van der Waals surface area contributed by atoms with Crippen molar-refractivity contribution in [2.24, 2.45) is 0 Å². The predicted octanol–water partition coefficient (Wildman–Crippen LogP) is 5.03. The van der Waals surface area contributed by atoms with Crippen LogP contribution in [0.3, 0.4) is 0 Å². The molecule has 1 heterocycles. The van der Waals surface area contributed by atoms with Gasteiger partial charge in [0.1, 0.15) is 5.51 Å². The lowest BCUT2D eigenvalue weighted by Gasteiger charge is -2.22. The maximum absolute atomic E-state index is 4.04. The van der Waals surface area contributed by atoms with Crippen LogP contribution in [0.4, 0.5) is 0 Å². The summed E-state index contributed by atoms with van der Waals surface area (Å²) >= 11 is 1.62. The molecule has 0 aliphatic rings. The van der Waals surface area contributed by atoms with Crippen LogP contribution in [0.5, 0.6) is 0 Å². The monoisotopic (exact) mass is 276 g/mol. The average molecular weight is 276 g/mol. The van der Waals surface area contributed by atoms with Gasteiger partial charge in [-0.05, 0) is 31.1 Å². The first-order valence-electron chi connectivity index (χ1n) is 5.76. The van der Waals surface area contributed by atoms with Gasteiger partial charge in [-0.2, -0.15) is 0 Å². The van der Waals surface area contributed by atoms with Crippen LogP contribution in [0.25, 0.3) is 0 Å². The summed E-state index contributed by atoms with van der Waals surface area (Å²) in [5.74, 6) is 0. The number of hydrogen-bond donors (Lipinski definition) is 0. The summed E-state index contributed by atoms with van der Waals surface area (Å²) in [4.78, 5) is 0. The molecular weight excluding hydrogens is 256 g/mol. The fourth-order valence-electron chi connectivity index (χ4n) is 1.37. The van der Waals surface area contributed by atoms with Crippen molar-refractivity contribution < 1.29 is 0 Å². The first-order valence-corrected chi connectivity index (χ1v) is 8.79. The first kappa shape index (κ1) is 14.3. The van der Waals surface area contributed by atoms with E-state index in [1.54, 1.807) is 27.6 Å². The van der Waals surface area contributed by atoms with Gasteiger partial charge in [0.25, 0.3) is 0 Å². The van der Waals surface area contributed by atoms with Gasteiger partial charge in [0.15, 0.2) is 4.34 Å². The maximum Gasteiger partial charge on any atom is 0.184 e. The van der Waals surface area contributed by atoms with Gasteiger partial charge >= 0.3 is 0 Å². The normalized spacial score (nSPS) is 11.9. The first-order chi connectivity index (χ1) is 7.64. The number of unbranched alkanes of at least 4 members (excludes halogenated alkanes) is 3. The van der Waals surface area contributed by atoms with Crippen LogP contribution in [-0.4, -0.2) is 14.9 Å². The molecule has 0 fully saturated rings. The van der Waals surface area contributed by atoms with Crippen LogP contribution >= 0.6 is 32.9 Å². The van der Waals surface area contributed by atoms with E-state index in [0.29, 0.717) is 4.75 Å². The van der Waals surface area contributed by atoms with Gasteiger partial charge in [0, 0.05) is 4.75 Å². The molecule has 0 atom stereocenters. The quantitative estimate of drug-likeness (QED) is 0.491. The highest BCUT2D eigenvalue weighted by Crippen LogP contribution is 2.43. The molecule has 2 nitrogen and oxygen atoms in total. The standard InChI is InChI=1S/C11H20N2S3/c1-4-5-6-7-8-11(2,3)16-15-10-13-12-9-14-10/h9H,4-8H2,1-3H3. The maximum atomic E-state index is 4.04. The topological polar surface area (TPSA) is 25.8 Å². The summed E-state index contributed by atoms with van der Waals surface area (Å²) in [6, 6.07) is 0. The molecule has 0 amide bonds. The highest BCUT2D eigenvalue weighted by Gasteiger charge is 2.19. The van der Waals surface area contributed by atoms with Gasteiger partial charge in [-0.3, -0.25) is 0 Å². The highest BCUT2D eigenvalue weighted by atomic mass is 33.1. The van der Waals surface area contributed by atoms with Crippen LogP contribution in [0.2, 0.25) is 0 Å². The second kappa shape index (κ2) is 7.56. The van der Waals surface area contributed by atoms with Gasteiger partial charge in [0.2, 0.25) is 0 Å². The Hall–Kier alpha value is 0.260. The molecule has 92 valence electrons. The van der Waals surface area contributed by atoms with Gasteiger partial charge in [-0.15, -0.1) is 10.2 Å². The van der Waals surface area contributed by atoms with E-state index in [9.17, 15) is 0 Å². The Balaban J connectivity index is 2.17. The molecule has 16 heavy (non-hydrogen) atoms. The molecule has 5 heteroatoms. The Morgan fingerprint density at radius 2 is 2.12 bits per heavy atom. The SMILES string of the molecule is CCCCCCC(C)(C)SSc1nncs1. The van der Waals surface area contributed by atoms with Crippen molar-refractivity contribution in [3.63, 3.8) is 0 Å². The minimum Gasteiger partial charge on any atom is -0.146 e. The number of rotatable bonds is 8. The zero-order chi connectivity index (χ0) is 11.9. The predicted molar refractivity (Wildman–Crippen MR) is 76.2 cm³/mol. The fourth-order valence-corrected chi connectivity index (χ4v) is 4.44. The van der Waals surface area contributed by atoms with Crippen molar-refractivity contribution in [1.29, 1.82) is 0 Å². The summed E-state index contributed by atoms with van der Waals surface area (Å²) in [5, 5.41) is 7.88. The molecular formula is C11H20N2S3. The van der Waals surface area contributed by atoms with E-state index in [0.717, 1.165) is 4.34 Å². The smallest absolute Gasteiger partial charge is 0.146 e. The largest absolute Gasteiger partial charge is 0.184 e. The molecule has 0 saturated carbocycles. The molecule has 0 saturated heterocycles. The molecule has 1 aromatic rings. The molecule has 0 spiro atoms. The lowest BCUT2D eigenvalue weighted by atomic mass is 10.0. The number of nitrogens with zero attached hydrogens (tertiary/aromatic N) is 2. The van der Waals surface area contributed by atoms with Crippen molar-refractivity contribution >= 4 is 32.9 Å². The Morgan fingerprint density at radius 3 is 2.75 bits per heavy atom. The summed E-state index contributed by atoms with van der Waals surface area (Å²) in [7, 11) is 3.68. The third kappa shape index (κ3) is 6.11. The van der Waals surface area contributed by atoms with Crippen LogP contribution in [0.15, 0.2) is 9.85 Å². The molecule has 0 radical (unpaired) electrons. The molecule has 0 N–H and O–H groups in total. The Kier molecular flexibility index (Phi) is 6.77. The van der Waals surface area contributed by atoms with E-state index in [-0.39, 0.29) is 0 Å². The number of hydrogen-bond acceptors (Lipinski definition) is 5. The van der Waals surface area contributed by atoms with Gasteiger partial charge < -0.3 is 0 Å². The van der Waals surface area contributed by atoms with Gasteiger partial charge in [0.05, 0.1) is 0 Å². The molecule has 0 aliphatic heterocycles. The van der Waals surface area contributed by atoms with Crippen LogP contribution in [0, 0.1) is 0 Å². The van der Waals surface area contributed by atoms with Crippen molar-refractivity contribution in [2.75, 3.05) is 0 Å². The highest BCUT2D eigenvalue weighted by molar-refractivity contribution is 8.77. The summed E-state index contributed by atoms with van der Waals surface area (Å²) in [5.41, 5.74) is 1.79. The molecule has 0 unspecified atom stereocenters. The summed E-state index contributed by atoms with van der Waals surface area (Å²) in [6.07, 6.45) is 6.66. The molecule has 1 rings (SSSR count). The average Bonchev–Trinajstić information content (AvgIpc) is 2.75. The molecule has 1 aromatic heterocycles. The summed E-state index contributed by atoms with van der Waals surface area (Å²) in [6.45, 7) is 6.89. The van der Waals surface area contributed by atoms with E-state index >= 15 is 0 Å². The third-order valence-electron chi connectivity index (χ3n) is 2.31. The fraction of sp³-hybridized carbons (Fsp3) is 0.818. The van der Waals surface area contributed by atoms with Crippen LogP contribution in [0.1, 0.15) is 52.9 Å².